The lowest BCUT2D eigenvalue weighted by Crippen LogP contribution is -2.34. The highest BCUT2D eigenvalue weighted by atomic mass is 32.1. The van der Waals surface area contributed by atoms with Crippen molar-refractivity contribution < 1.29 is 9.47 Å². The third kappa shape index (κ3) is 3.30. The van der Waals surface area contributed by atoms with Crippen LogP contribution >= 0.6 is 12.2 Å². The lowest BCUT2D eigenvalue weighted by atomic mass is 10.1. The minimum Gasteiger partial charge on any atom is -0.497 e. The van der Waals surface area contributed by atoms with Crippen LogP contribution in [0.4, 0.5) is 0 Å². The van der Waals surface area contributed by atoms with Gasteiger partial charge in [0.15, 0.2) is 4.77 Å². The molecule has 23 heavy (non-hydrogen) atoms. The smallest absolute Gasteiger partial charge is 0.255 e. The van der Waals surface area contributed by atoms with Crippen molar-refractivity contribution in [3.8, 4) is 11.5 Å². The molecule has 0 unspecified atom stereocenters. The van der Waals surface area contributed by atoms with Crippen molar-refractivity contribution in [2.45, 2.75) is 19.5 Å². The zero-order valence-electron chi connectivity index (χ0n) is 13.1. The second-order valence-electron chi connectivity index (χ2n) is 5.50. The van der Waals surface area contributed by atoms with Gasteiger partial charge < -0.3 is 14.5 Å². The van der Waals surface area contributed by atoms with Crippen LogP contribution in [0.3, 0.4) is 0 Å². The molecule has 1 aromatic carbocycles. The van der Waals surface area contributed by atoms with Gasteiger partial charge >= 0.3 is 0 Å². The van der Waals surface area contributed by atoms with Crippen molar-refractivity contribution in [2.24, 2.45) is 0 Å². The number of nitrogens with one attached hydrogen (secondary N) is 2. The molecule has 0 atom stereocenters. The monoisotopic (exact) mass is 333 g/mol. The van der Waals surface area contributed by atoms with E-state index in [1.165, 1.54) is 0 Å². The van der Waals surface area contributed by atoms with Crippen LogP contribution in [0.2, 0.25) is 0 Å². The van der Waals surface area contributed by atoms with Gasteiger partial charge in [-0.2, -0.15) is 0 Å². The third-order valence-electron chi connectivity index (χ3n) is 4.08. The fourth-order valence-corrected chi connectivity index (χ4v) is 3.11. The number of benzene rings is 1. The topological polar surface area (TPSA) is 70.3 Å². The first-order chi connectivity index (χ1) is 11.1. The first-order valence-electron chi connectivity index (χ1n) is 7.38. The molecule has 7 heteroatoms. The highest BCUT2D eigenvalue weighted by molar-refractivity contribution is 7.71. The Morgan fingerprint density at radius 1 is 1.26 bits per heavy atom. The molecule has 6 nitrogen and oxygen atoms in total. The van der Waals surface area contributed by atoms with Crippen LogP contribution in [0.5, 0.6) is 11.5 Å². The fourth-order valence-electron chi connectivity index (χ4n) is 2.89. The lowest BCUT2D eigenvalue weighted by molar-refractivity contribution is 0.236. The summed E-state index contributed by atoms with van der Waals surface area (Å²) in [6.45, 7) is 2.22. The van der Waals surface area contributed by atoms with E-state index < -0.39 is 0 Å². The average Bonchev–Trinajstić information content (AvgIpc) is 2.54. The van der Waals surface area contributed by atoms with E-state index in [1.54, 1.807) is 14.2 Å². The summed E-state index contributed by atoms with van der Waals surface area (Å²) >= 11 is 5.06. The van der Waals surface area contributed by atoms with Crippen LogP contribution in [-0.4, -0.2) is 35.6 Å². The van der Waals surface area contributed by atoms with Gasteiger partial charge in [0.2, 0.25) is 0 Å². The van der Waals surface area contributed by atoms with Crippen molar-refractivity contribution in [1.29, 1.82) is 0 Å². The number of fused-ring (bicyclic) bond motifs is 1. The number of hydrogen-bond donors (Lipinski definition) is 2. The Labute approximate surface area is 139 Å². The van der Waals surface area contributed by atoms with E-state index in [9.17, 15) is 4.79 Å². The summed E-state index contributed by atoms with van der Waals surface area (Å²) in [6.07, 6.45) is 0.704. The number of methoxy groups -OCH3 is 2. The summed E-state index contributed by atoms with van der Waals surface area (Å²) in [6, 6.07) is 5.81. The maximum atomic E-state index is 11.9. The summed E-state index contributed by atoms with van der Waals surface area (Å²) in [7, 11) is 3.29. The van der Waals surface area contributed by atoms with E-state index in [-0.39, 0.29) is 5.56 Å². The van der Waals surface area contributed by atoms with Gasteiger partial charge in [-0.3, -0.25) is 14.7 Å². The molecule has 2 heterocycles. The van der Waals surface area contributed by atoms with Crippen molar-refractivity contribution in [2.75, 3.05) is 20.8 Å². The molecule has 0 bridgehead atoms. The zero-order chi connectivity index (χ0) is 16.4. The molecule has 0 amide bonds. The molecule has 0 fully saturated rings. The summed E-state index contributed by atoms with van der Waals surface area (Å²) in [5.41, 5.74) is 2.71. The first-order valence-corrected chi connectivity index (χ1v) is 7.79. The highest BCUT2D eigenvalue weighted by Gasteiger charge is 2.20. The standard InChI is InChI=1S/C16H19N3O3S/c1-21-11-4-3-10(14(7-11)22-2)8-19-6-5-12-13(9-19)17-16(23)18-15(12)20/h3-4,7H,5-6,8-9H2,1-2H3,(H2,17,18,20,23). The van der Waals surface area contributed by atoms with Crippen LogP contribution in [0.1, 0.15) is 16.8 Å². The molecule has 0 aliphatic carbocycles. The van der Waals surface area contributed by atoms with E-state index >= 15 is 0 Å². The quantitative estimate of drug-likeness (QED) is 0.838. The lowest BCUT2D eigenvalue weighted by Gasteiger charge is -2.28. The second-order valence-corrected chi connectivity index (χ2v) is 5.91. The van der Waals surface area contributed by atoms with Crippen molar-refractivity contribution in [3.63, 3.8) is 0 Å². The van der Waals surface area contributed by atoms with E-state index in [0.29, 0.717) is 17.7 Å². The van der Waals surface area contributed by atoms with Crippen molar-refractivity contribution >= 4 is 12.2 Å². The molecule has 2 N–H and O–H groups in total. The summed E-state index contributed by atoms with van der Waals surface area (Å²) < 4.78 is 11.0. The molecule has 2 aromatic rings. The Morgan fingerprint density at radius 2 is 2.09 bits per heavy atom. The molecule has 0 spiro atoms. The number of rotatable bonds is 4. The number of hydrogen-bond acceptors (Lipinski definition) is 5. The van der Waals surface area contributed by atoms with Crippen LogP contribution in [0, 0.1) is 4.77 Å². The number of aromatic amines is 2. The largest absolute Gasteiger partial charge is 0.497 e. The predicted molar refractivity (Wildman–Crippen MR) is 89.6 cm³/mol. The molecule has 122 valence electrons. The van der Waals surface area contributed by atoms with Crippen LogP contribution in [-0.2, 0) is 19.5 Å². The molecule has 3 rings (SSSR count). The molecule has 0 saturated carbocycles. The summed E-state index contributed by atoms with van der Waals surface area (Å²) in [5.74, 6) is 1.57. The van der Waals surface area contributed by atoms with E-state index in [0.717, 1.165) is 41.4 Å². The van der Waals surface area contributed by atoms with Crippen molar-refractivity contribution in [1.82, 2.24) is 14.9 Å². The van der Waals surface area contributed by atoms with Crippen LogP contribution in [0.15, 0.2) is 23.0 Å². The molecule has 1 aromatic heterocycles. The van der Waals surface area contributed by atoms with Gasteiger partial charge in [-0.15, -0.1) is 0 Å². The summed E-state index contributed by atoms with van der Waals surface area (Å²) in [5, 5.41) is 0. The molecular weight excluding hydrogens is 314 g/mol. The second kappa shape index (κ2) is 6.55. The summed E-state index contributed by atoms with van der Waals surface area (Å²) in [4.78, 5) is 19.9. The Morgan fingerprint density at radius 3 is 2.83 bits per heavy atom. The Bertz CT molecular complexity index is 828. The zero-order valence-corrected chi connectivity index (χ0v) is 14.0. The predicted octanol–water partition coefficient (Wildman–Crippen LogP) is 2.01. The van der Waals surface area contributed by atoms with Gasteiger partial charge in [0, 0.05) is 42.5 Å². The maximum absolute atomic E-state index is 11.9. The molecule has 0 radical (unpaired) electrons. The normalized spacial score (nSPS) is 14.3. The average molecular weight is 333 g/mol. The molecule has 0 saturated heterocycles. The van der Waals surface area contributed by atoms with Gasteiger partial charge in [0.05, 0.1) is 14.2 Å². The third-order valence-corrected chi connectivity index (χ3v) is 4.28. The first kappa shape index (κ1) is 15.8. The minimum absolute atomic E-state index is 0.0783. The van der Waals surface area contributed by atoms with Crippen LogP contribution < -0.4 is 15.0 Å². The number of nitrogens with zero attached hydrogens (tertiary/aromatic N) is 1. The van der Waals surface area contributed by atoms with E-state index in [1.807, 2.05) is 18.2 Å². The van der Waals surface area contributed by atoms with Gasteiger partial charge in [-0.25, -0.2) is 0 Å². The van der Waals surface area contributed by atoms with Gasteiger partial charge in [-0.05, 0) is 24.7 Å². The Kier molecular flexibility index (Phi) is 4.49. The highest BCUT2D eigenvalue weighted by Crippen LogP contribution is 2.27. The van der Waals surface area contributed by atoms with Crippen molar-refractivity contribution in [3.05, 3.63) is 50.1 Å². The molecular formula is C16H19N3O3S. The Balaban J connectivity index is 1.82. The number of H-pyrrole nitrogens is 2. The minimum atomic E-state index is -0.0783. The number of ether oxygens (including phenoxy) is 2. The Hall–Kier alpha value is -2.12. The fraction of sp³-hybridized carbons (Fsp3) is 0.375. The number of aromatic nitrogens is 2. The maximum Gasteiger partial charge on any atom is 0.255 e. The SMILES string of the molecule is COc1ccc(CN2CCc3c([nH]c(=S)[nH]c3=O)C2)c(OC)c1. The van der Waals surface area contributed by atoms with Crippen LogP contribution in [0.25, 0.3) is 0 Å². The van der Waals surface area contributed by atoms with E-state index in [2.05, 4.69) is 14.9 Å². The van der Waals surface area contributed by atoms with Gasteiger partial charge in [0.1, 0.15) is 11.5 Å². The van der Waals surface area contributed by atoms with Gasteiger partial charge in [-0.1, -0.05) is 6.07 Å². The van der Waals surface area contributed by atoms with Gasteiger partial charge in [0.25, 0.3) is 5.56 Å². The van der Waals surface area contributed by atoms with E-state index in [4.69, 9.17) is 21.7 Å². The molecule has 1 aliphatic heterocycles. The molecule has 1 aliphatic rings.